The first-order valence-corrected chi connectivity index (χ1v) is 8.58. The molecule has 0 bridgehead atoms. The number of benzene rings is 1. The Morgan fingerprint density at radius 3 is 2.78 bits per heavy atom. The van der Waals surface area contributed by atoms with Crippen molar-refractivity contribution in [3.8, 4) is 17.1 Å². The van der Waals surface area contributed by atoms with Crippen LogP contribution in [0.4, 0.5) is 5.82 Å². The summed E-state index contributed by atoms with van der Waals surface area (Å²) in [7, 11) is 0. The summed E-state index contributed by atoms with van der Waals surface area (Å²) < 4.78 is 5.78. The average molecular weight is 380 g/mol. The molecule has 3 heterocycles. The number of nitrogens with two attached hydrogens (primary N) is 1. The highest BCUT2D eigenvalue weighted by molar-refractivity contribution is 7.11. The van der Waals surface area contributed by atoms with Crippen LogP contribution >= 0.6 is 11.3 Å². The second-order valence-electron chi connectivity index (χ2n) is 5.25. The van der Waals surface area contributed by atoms with Gasteiger partial charge in [-0.2, -0.15) is 9.78 Å². The number of amides is 1. The first kappa shape index (κ1) is 16.6. The number of carbonyl (C=O) groups is 1. The summed E-state index contributed by atoms with van der Waals surface area (Å²) in [5, 5.41) is 21.2. The summed E-state index contributed by atoms with van der Waals surface area (Å²) in [6.45, 7) is 0. The molecule has 3 aromatic heterocycles. The number of hydrogen-bond donors (Lipinski definition) is 2. The highest BCUT2D eigenvalue weighted by atomic mass is 32.1. The molecule has 4 rings (SSSR count). The topological polar surface area (TPSA) is 137 Å². The van der Waals surface area contributed by atoms with Gasteiger partial charge in [-0.1, -0.05) is 41.6 Å². The molecule has 1 amide bonds. The Bertz CT molecular complexity index is 1090. The van der Waals surface area contributed by atoms with Crippen LogP contribution in [0.2, 0.25) is 0 Å². The molecule has 3 N–H and O–H groups in total. The molecule has 0 fully saturated rings. The molecule has 134 valence electrons. The Morgan fingerprint density at radius 2 is 2.07 bits per heavy atom. The van der Waals surface area contributed by atoms with E-state index in [0.29, 0.717) is 11.3 Å². The number of hydrazone groups is 1. The van der Waals surface area contributed by atoms with Gasteiger partial charge >= 0.3 is 0 Å². The molecule has 1 aromatic carbocycles. The predicted molar refractivity (Wildman–Crippen MR) is 98.4 cm³/mol. The number of carbonyl (C=O) groups excluding carboxylic acids is 1. The third-order valence-electron chi connectivity index (χ3n) is 3.53. The summed E-state index contributed by atoms with van der Waals surface area (Å²) in [6, 6.07) is 12.9. The van der Waals surface area contributed by atoms with Gasteiger partial charge in [0.1, 0.15) is 5.69 Å². The van der Waals surface area contributed by atoms with Crippen LogP contribution in [0.1, 0.15) is 15.4 Å². The fourth-order valence-corrected chi connectivity index (χ4v) is 2.92. The Hall–Kier alpha value is -3.86. The third-order valence-corrected chi connectivity index (χ3v) is 4.34. The van der Waals surface area contributed by atoms with E-state index in [2.05, 4.69) is 35.8 Å². The molecule has 0 spiro atoms. The van der Waals surface area contributed by atoms with Crippen molar-refractivity contribution in [3.05, 3.63) is 58.4 Å². The lowest BCUT2D eigenvalue weighted by molar-refractivity contribution is 0.0948. The smallest absolute Gasteiger partial charge is 0.292 e. The van der Waals surface area contributed by atoms with Crippen molar-refractivity contribution >= 4 is 29.3 Å². The zero-order valence-corrected chi connectivity index (χ0v) is 14.5. The van der Waals surface area contributed by atoms with E-state index in [1.54, 1.807) is 6.21 Å². The summed E-state index contributed by atoms with van der Waals surface area (Å²) >= 11 is 1.50. The number of rotatable bonds is 5. The van der Waals surface area contributed by atoms with Gasteiger partial charge in [0.15, 0.2) is 5.69 Å². The van der Waals surface area contributed by atoms with Crippen molar-refractivity contribution in [1.82, 2.24) is 30.7 Å². The zero-order valence-electron chi connectivity index (χ0n) is 13.7. The minimum absolute atomic E-state index is 0.0179. The van der Waals surface area contributed by atoms with E-state index in [4.69, 9.17) is 5.73 Å². The number of anilines is 1. The summed E-state index contributed by atoms with van der Waals surface area (Å²) in [5.41, 5.74) is 9.36. The SMILES string of the molecule is Nc1nonc1-n1nnc(-c2ccccc2)c1C(=O)N/N=C/c1cccs1. The van der Waals surface area contributed by atoms with Crippen LogP contribution in [0.5, 0.6) is 0 Å². The minimum atomic E-state index is -0.533. The number of aromatic nitrogens is 5. The van der Waals surface area contributed by atoms with Crippen molar-refractivity contribution in [1.29, 1.82) is 0 Å². The van der Waals surface area contributed by atoms with Gasteiger partial charge in [-0.3, -0.25) is 4.79 Å². The first-order valence-electron chi connectivity index (χ1n) is 7.70. The lowest BCUT2D eigenvalue weighted by Gasteiger charge is -2.04. The fourth-order valence-electron chi connectivity index (χ4n) is 2.33. The van der Waals surface area contributed by atoms with Gasteiger partial charge in [0.05, 0.1) is 6.21 Å². The van der Waals surface area contributed by atoms with Crippen LogP contribution in [-0.4, -0.2) is 37.4 Å². The lowest BCUT2D eigenvalue weighted by atomic mass is 10.1. The maximum Gasteiger partial charge on any atom is 0.292 e. The molecule has 11 heteroatoms. The largest absolute Gasteiger partial charge is 0.378 e. The van der Waals surface area contributed by atoms with Crippen LogP contribution < -0.4 is 11.2 Å². The number of nitrogens with zero attached hydrogens (tertiary/aromatic N) is 6. The molecule has 0 aliphatic carbocycles. The van der Waals surface area contributed by atoms with E-state index in [-0.39, 0.29) is 17.3 Å². The number of hydrogen-bond acceptors (Lipinski definition) is 9. The standard InChI is InChI=1S/C16H12N8O2S/c17-14-15(22-26-21-14)24-13(12(19-23-24)10-5-2-1-3-6-10)16(25)20-18-9-11-7-4-8-27-11/h1-9H,(H2,17,21)(H,20,25)/b18-9+. The average Bonchev–Trinajstić information content (AvgIpc) is 3.42. The number of thiophene rings is 1. The second-order valence-corrected chi connectivity index (χ2v) is 6.23. The maximum atomic E-state index is 12.8. The Balaban J connectivity index is 1.73. The van der Waals surface area contributed by atoms with Gasteiger partial charge in [0, 0.05) is 10.4 Å². The predicted octanol–water partition coefficient (Wildman–Crippen LogP) is 1.72. The molecule has 0 aliphatic rings. The van der Waals surface area contributed by atoms with Crippen molar-refractivity contribution in [2.45, 2.75) is 0 Å². The van der Waals surface area contributed by atoms with E-state index in [9.17, 15) is 4.79 Å². The van der Waals surface area contributed by atoms with Crippen LogP contribution in [0.3, 0.4) is 0 Å². The maximum absolute atomic E-state index is 12.8. The summed E-state index contributed by atoms with van der Waals surface area (Å²) in [6.07, 6.45) is 1.55. The van der Waals surface area contributed by atoms with E-state index >= 15 is 0 Å². The highest BCUT2D eigenvalue weighted by Crippen LogP contribution is 2.24. The van der Waals surface area contributed by atoms with Crippen molar-refractivity contribution in [2.75, 3.05) is 5.73 Å². The molecule has 27 heavy (non-hydrogen) atoms. The lowest BCUT2D eigenvalue weighted by Crippen LogP contribution is -2.22. The monoisotopic (exact) mass is 380 g/mol. The molecule has 0 aliphatic heterocycles. The Morgan fingerprint density at radius 1 is 1.22 bits per heavy atom. The van der Waals surface area contributed by atoms with Gasteiger partial charge in [0.25, 0.3) is 5.91 Å². The molecule has 0 radical (unpaired) electrons. The van der Waals surface area contributed by atoms with Crippen molar-refractivity contribution < 1.29 is 9.42 Å². The van der Waals surface area contributed by atoms with Crippen LogP contribution in [0, 0.1) is 0 Å². The van der Waals surface area contributed by atoms with Gasteiger partial charge in [-0.25, -0.2) is 10.1 Å². The molecule has 0 saturated heterocycles. The fraction of sp³-hybridized carbons (Fsp3) is 0. The molecular formula is C16H12N8O2S. The Labute approximate surface area is 156 Å². The van der Waals surface area contributed by atoms with Gasteiger partial charge in [-0.15, -0.1) is 16.4 Å². The van der Waals surface area contributed by atoms with Gasteiger partial charge < -0.3 is 5.73 Å². The van der Waals surface area contributed by atoms with E-state index in [1.165, 1.54) is 16.0 Å². The number of nitrogen functional groups attached to an aromatic ring is 1. The van der Waals surface area contributed by atoms with Crippen LogP contribution in [0.15, 0.2) is 57.6 Å². The molecule has 4 aromatic rings. The molecule has 0 saturated carbocycles. The van der Waals surface area contributed by atoms with Crippen molar-refractivity contribution in [2.24, 2.45) is 5.10 Å². The molecule has 10 nitrogen and oxygen atoms in total. The highest BCUT2D eigenvalue weighted by Gasteiger charge is 2.25. The quantitative estimate of drug-likeness (QED) is 0.397. The molecule has 0 atom stereocenters. The Kier molecular flexibility index (Phi) is 4.41. The second kappa shape index (κ2) is 7.17. The van der Waals surface area contributed by atoms with Crippen molar-refractivity contribution in [3.63, 3.8) is 0 Å². The zero-order chi connectivity index (χ0) is 18.6. The molecule has 0 unspecified atom stereocenters. The first-order chi connectivity index (χ1) is 13.2. The summed E-state index contributed by atoms with van der Waals surface area (Å²) in [5.74, 6) is -0.484. The summed E-state index contributed by atoms with van der Waals surface area (Å²) in [4.78, 5) is 13.7. The third kappa shape index (κ3) is 3.30. The van der Waals surface area contributed by atoms with Crippen LogP contribution in [0.25, 0.3) is 17.1 Å². The van der Waals surface area contributed by atoms with E-state index in [0.717, 1.165) is 4.88 Å². The minimum Gasteiger partial charge on any atom is -0.378 e. The normalized spacial score (nSPS) is 11.1. The van der Waals surface area contributed by atoms with Gasteiger partial charge in [0.2, 0.25) is 11.6 Å². The van der Waals surface area contributed by atoms with Gasteiger partial charge in [-0.05, 0) is 21.8 Å². The van der Waals surface area contributed by atoms with Crippen LogP contribution in [-0.2, 0) is 0 Å². The van der Waals surface area contributed by atoms with E-state index in [1.807, 2.05) is 47.8 Å². The molecular weight excluding hydrogens is 368 g/mol. The number of nitrogens with one attached hydrogen (secondary N) is 1. The van der Waals surface area contributed by atoms with E-state index < -0.39 is 5.91 Å².